The summed E-state index contributed by atoms with van der Waals surface area (Å²) >= 11 is 0. The van der Waals surface area contributed by atoms with Crippen LogP contribution < -0.4 is 11.2 Å². The zero-order chi connectivity index (χ0) is 18.6. The second-order valence-corrected chi connectivity index (χ2v) is 5.68. The highest BCUT2D eigenvalue weighted by atomic mass is 19.1. The molecule has 0 aliphatic carbocycles. The van der Waals surface area contributed by atoms with Crippen LogP contribution in [0, 0.1) is 5.82 Å². The smallest absolute Gasteiger partial charge is 0.332 e. The van der Waals surface area contributed by atoms with Crippen LogP contribution in [0.5, 0.6) is 5.88 Å². The van der Waals surface area contributed by atoms with Gasteiger partial charge in [-0.3, -0.25) is 13.9 Å². The number of aromatic hydroxyl groups is 1. The van der Waals surface area contributed by atoms with Crippen molar-refractivity contribution in [2.75, 3.05) is 0 Å². The van der Waals surface area contributed by atoms with Crippen LogP contribution in [0.25, 0.3) is 22.1 Å². The first-order valence-electron chi connectivity index (χ1n) is 7.44. The summed E-state index contributed by atoms with van der Waals surface area (Å²) in [7, 11) is 2.82. The summed E-state index contributed by atoms with van der Waals surface area (Å²) in [6, 6.07) is 3.91. The van der Waals surface area contributed by atoms with Gasteiger partial charge >= 0.3 is 5.69 Å². The van der Waals surface area contributed by atoms with Crippen LogP contribution >= 0.6 is 0 Å². The maximum absolute atomic E-state index is 13.4. The van der Waals surface area contributed by atoms with Crippen molar-refractivity contribution in [2.45, 2.75) is 0 Å². The van der Waals surface area contributed by atoms with Gasteiger partial charge in [-0.05, 0) is 18.2 Å². The van der Waals surface area contributed by atoms with E-state index in [1.54, 1.807) is 0 Å². The number of fused-ring (bicyclic) bond motifs is 2. The molecule has 0 atom stereocenters. The lowest BCUT2D eigenvalue weighted by Crippen LogP contribution is -2.36. The maximum atomic E-state index is 13.4. The van der Waals surface area contributed by atoms with E-state index in [1.165, 1.54) is 36.9 Å². The van der Waals surface area contributed by atoms with Gasteiger partial charge in [0.25, 0.3) is 5.56 Å². The highest BCUT2D eigenvalue weighted by Gasteiger charge is 2.14. The number of imidazole rings is 1. The molecular weight excluding hydrogens is 345 g/mol. The first-order chi connectivity index (χ1) is 12.4. The lowest BCUT2D eigenvalue weighted by Gasteiger charge is -2.00. The molecule has 0 radical (unpaired) electrons. The predicted octanol–water partition coefficient (Wildman–Crippen LogP) is 1.70. The van der Waals surface area contributed by atoms with Gasteiger partial charge in [-0.15, -0.1) is 10.2 Å². The van der Waals surface area contributed by atoms with Crippen molar-refractivity contribution >= 4 is 33.7 Å². The molecule has 0 unspecified atom stereocenters. The number of nitrogens with zero attached hydrogens (tertiary/aromatic N) is 5. The molecule has 26 heavy (non-hydrogen) atoms. The Morgan fingerprint density at radius 1 is 1.15 bits per heavy atom. The Balaban J connectivity index is 1.86. The molecular formula is C15H12FN7O3. The zero-order valence-electron chi connectivity index (χ0n) is 13.6. The minimum absolute atomic E-state index is 0.0294. The molecule has 0 saturated carbocycles. The molecule has 11 heteroatoms. The van der Waals surface area contributed by atoms with Gasteiger partial charge in [-0.25, -0.2) is 9.18 Å². The quantitative estimate of drug-likeness (QED) is 0.471. The first-order valence-corrected chi connectivity index (χ1v) is 7.44. The molecule has 0 fully saturated rings. The third kappa shape index (κ3) is 2.21. The van der Waals surface area contributed by atoms with Gasteiger partial charge in [0.1, 0.15) is 5.82 Å². The molecule has 0 amide bonds. The number of aromatic amines is 2. The molecule has 4 aromatic rings. The predicted molar refractivity (Wildman–Crippen MR) is 90.7 cm³/mol. The van der Waals surface area contributed by atoms with E-state index in [9.17, 15) is 19.1 Å². The van der Waals surface area contributed by atoms with E-state index >= 15 is 0 Å². The number of rotatable bonds is 2. The number of azo groups is 1. The number of H-pyrrole nitrogens is 2. The van der Waals surface area contributed by atoms with E-state index in [2.05, 4.69) is 25.2 Å². The summed E-state index contributed by atoms with van der Waals surface area (Å²) in [5.41, 5.74) is -0.337. The Bertz CT molecular complexity index is 1330. The summed E-state index contributed by atoms with van der Waals surface area (Å²) in [6.07, 6.45) is 0. The summed E-state index contributed by atoms with van der Waals surface area (Å²) < 4.78 is 15.6. The van der Waals surface area contributed by atoms with Crippen LogP contribution in [0.15, 0.2) is 38.0 Å². The molecule has 0 spiro atoms. The van der Waals surface area contributed by atoms with E-state index in [0.29, 0.717) is 10.9 Å². The SMILES string of the molecule is Cn1c(=O)c2[nH]c(N=Nc3c(O)[nH]c4ccc(F)cc34)nc2n(C)c1=O. The first kappa shape index (κ1) is 15.7. The van der Waals surface area contributed by atoms with Crippen molar-refractivity contribution in [3.05, 3.63) is 44.9 Å². The van der Waals surface area contributed by atoms with Crippen LogP contribution in [0.1, 0.15) is 0 Å². The molecule has 4 rings (SSSR count). The van der Waals surface area contributed by atoms with Gasteiger partial charge in [0.05, 0.1) is 5.52 Å². The van der Waals surface area contributed by atoms with Gasteiger partial charge in [0, 0.05) is 19.5 Å². The Morgan fingerprint density at radius 3 is 2.69 bits per heavy atom. The molecule has 1 aromatic carbocycles. The van der Waals surface area contributed by atoms with E-state index in [-0.39, 0.29) is 28.7 Å². The van der Waals surface area contributed by atoms with Crippen LogP contribution in [0.2, 0.25) is 0 Å². The van der Waals surface area contributed by atoms with Gasteiger partial charge in [0.2, 0.25) is 11.8 Å². The third-order valence-corrected chi connectivity index (χ3v) is 4.04. The average Bonchev–Trinajstić information content (AvgIpc) is 3.17. The fourth-order valence-electron chi connectivity index (χ4n) is 2.70. The Kier molecular flexibility index (Phi) is 3.26. The number of benzene rings is 1. The van der Waals surface area contributed by atoms with Crippen LogP contribution in [-0.2, 0) is 14.1 Å². The monoisotopic (exact) mass is 357 g/mol. The molecule has 3 aromatic heterocycles. The average molecular weight is 357 g/mol. The van der Waals surface area contributed by atoms with E-state index in [0.717, 1.165) is 4.57 Å². The lowest BCUT2D eigenvalue weighted by atomic mass is 10.2. The molecule has 3 heterocycles. The number of hydrogen-bond donors (Lipinski definition) is 3. The number of aryl methyl sites for hydroxylation is 1. The fraction of sp³-hybridized carbons (Fsp3) is 0.133. The number of nitrogens with one attached hydrogen (secondary N) is 2. The van der Waals surface area contributed by atoms with Crippen LogP contribution in [0.3, 0.4) is 0 Å². The summed E-state index contributed by atoms with van der Waals surface area (Å²) in [5.74, 6) is -0.813. The van der Waals surface area contributed by atoms with E-state index in [4.69, 9.17) is 0 Å². The highest BCUT2D eigenvalue weighted by molar-refractivity contribution is 5.94. The van der Waals surface area contributed by atoms with Gasteiger partial charge < -0.3 is 15.1 Å². The Morgan fingerprint density at radius 2 is 1.92 bits per heavy atom. The third-order valence-electron chi connectivity index (χ3n) is 4.04. The molecule has 132 valence electrons. The number of hydrogen-bond acceptors (Lipinski definition) is 6. The molecule has 10 nitrogen and oxygen atoms in total. The largest absolute Gasteiger partial charge is 0.493 e. The van der Waals surface area contributed by atoms with Gasteiger partial charge in [0.15, 0.2) is 16.9 Å². The topological polar surface area (TPSA) is 133 Å². The second kappa shape index (κ2) is 5.37. The fourth-order valence-corrected chi connectivity index (χ4v) is 2.70. The highest BCUT2D eigenvalue weighted by Crippen LogP contribution is 2.36. The summed E-state index contributed by atoms with van der Waals surface area (Å²) in [6.45, 7) is 0. The van der Waals surface area contributed by atoms with Crippen molar-refractivity contribution in [3.8, 4) is 5.88 Å². The van der Waals surface area contributed by atoms with Crippen molar-refractivity contribution in [1.29, 1.82) is 0 Å². The van der Waals surface area contributed by atoms with Crippen molar-refractivity contribution in [3.63, 3.8) is 0 Å². The van der Waals surface area contributed by atoms with Crippen LogP contribution in [0.4, 0.5) is 16.0 Å². The van der Waals surface area contributed by atoms with E-state index in [1.807, 2.05) is 0 Å². The van der Waals surface area contributed by atoms with Crippen molar-refractivity contribution in [1.82, 2.24) is 24.1 Å². The minimum Gasteiger partial charge on any atom is -0.493 e. The van der Waals surface area contributed by atoms with Crippen molar-refractivity contribution in [2.24, 2.45) is 24.3 Å². The second-order valence-electron chi connectivity index (χ2n) is 5.68. The number of halogens is 1. The van der Waals surface area contributed by atoms with Gasteiger partial charge in [-0.2, -0.15) is 4.98 Å². The van der Waals surface area contributed by atoms with Crippen LogP contribution in [-0.4, -0.2) is 29.2 Å². The molecule has 0 aliphatic rings. The lowest BCUT2D eigenvalue weighted by molar-refractivity contribution is 0.459. The molecule has 0 aliphatic heterocycles. The zero-order valence-corrected chi connectivity index (χ0v) is 13.6. The van der Waals surface area contributed by atoms with Gasteiger partial charge in [-0.1, -0.05) is 0 Å². The standard InChI is InChI=1S/C15H12FN7O3/c1-22-11-10(13(25)23(2)15(22)26)18-14(19-11)21-20-9-7-5-6(16)3-4-8(7)17-12(9)24/h3-5,17,24H,1-2H3,(H,18,19). The normalized spacial score (nSPS) is 12.0. The number of aromatic nitrogens is 5. The summed E-state index contributed by atoms with van der Waals surface area (Å²) in [4.78, 5) is 33.5. The Hall–Kier alpha value is -3.76. The molecule has 0 saturated heterocycles. The van der Waals surface area contributed by atoms with E-state index < -0.39 is 17.1 Å². The Labute approximate surface area is 143 Å². The summed E-state index contributed by atoms with van der Waals surface area (Å²) in [5, 5.41) is 18.0. The maximum Gasteiger partial charge on any atom is 0.332 e. The molecule has 3 N–H and O–H groups in total. The van der Waals surface area contributed by atoms with Crippen molar-refractivity contribution < 1.29 is 9.50 Å². The molecule has 0 bridgehead atoms. The minimum atomic E-state index is -0.547.